The second-order valence-electron chi connectivity index (χ2n) is 7.80. The zero-order valence-electron chi connectivity index (χ0n) is 16.3. The Morgan fingerprint density at radius 1 is 1.07 bits per heavy atom. The standard InChI is InChI=1S/C20H29N5O2.ClH/c26-19(25-12-8-22-14-18(25)16-5-3-7-21-13-16)17-6-4-11-24(15-17)20(27)23-9-1-2-10-23;/h3,5,7,13,17-18,22H,1-2,4,6,8-12,14-15H2;1H. The van der Waals surface area contributed by atoms with Gasteiger partial charge in [-0.3, -0.25) is 9.78 Å². The lowest BCUT2D eigenvalue weighted by molar-refractivity contribution is -0.140. The third-order valence-electron chi connectivity index (χ3n) is 6.01. The molecule has 4 rings (SSSR count). The fourth-order valence-electron chi connectivity index (χ4n) is 4.53. The lowest BCUT2D eigenvalue weighted by Crippen LogP contribution is -2.54. The maximum absolute atomic E-state index is 13.4. The van der Waals surface area contributed by atoms with Crippen molar-refractivity contribution in [3.63, 3.8) is 0 Å². The quantitative estimate of drug-likeness (QED) is 0.813. The van der Waals surface area contributed by atoms with E-state index in [1.54, 1.807) is 6.20 Å². The Morgan fingerprint density at radius 3 is 2.61 bits per heavy atom. The van der Waals surface area contributed by atoms with Crippen molar-refractivity contribution in [1.82, 2.24) is 25.0 Å². The van der Waals surface area contributed by atoms with Crippen LogP contribution in [0.1, 0.15) is 37.3 Å². The number of amides is 3. The predicted octanol–water partition coefficient (Wildman–Crippen LogP) is 1.90. The van der Waals surface area contributed by atoms with E-state index in [0.717, 1.165) is 64.0 Å². The number of urea groups is 1. The van der Waals surface area contributed by atoms with Gasteiger partial charge in [0.25, 0.3) is 0 Å². The number of carbonyl (C=O) groups is 2. The molecule has 3 aliphatic rings. The summed E-state index contributed by atoms with van der Waals surface area (Å²) in [5, 5.41) is 3.39. The van der Waals surface area contributed by atoms with Gasteiger partial charge in [0.15, 0.2) is 0 Å². The summed E-state index contributed by atoms with van der Waals surface area (Å²) in [4.78, 5) is 36.2. The molecule has 0 aliphatic carbocycles. The summed E-state index contributed by atoms with van der Waals surface area (Å²) in [5.74, 6) is 0.0897. The molecular weight excluding hydrogens is 378 g/mol. The molecule has 8 heteroatoms. The highest BCUT2D eigenvalue weighted by Gasteiger charge is 2.36. The van der Waals surface area contributed by atoms with Crippen molar-refractivity contribution < 1.29 is 9.59 Å². The molecule has 3 aliphatic heterocycles. The zero-order chi connectivity index (χ0) is 18.6. The van der Waals surface area contributed by atoms with Crippen molar-refractivity contribution in [2.24, 2.45) is 5.92 Å². The van der Waals surface area contributed by atoms with Gasteiger partial charge in [0.05, 0.1) is 12.0 Å². The van der Waals surface area contributed by atoms with E-state index in [0.29, 0.717) is 13.1 Å². The fraction of sp³-hybridized carbons (Fsp3) is 0.650. The smallest absolute Gasteiger partial charge is 0.320 e. The minimum Gasteiger partial charge on any atom is -0.333 e. The maximum Gasteiger partial charge on any atom is 0.320 e. The van der Waals surface area contributed by atoms with Gasteiger partial charge in [-0.25, -0.2) is 4.79 Å². The summed E-state index contributed by atoms with van der Waals surface area (Å²) >= 11 is 0. The van der Waals surface area contributed by atoms with Crippen LogP contribution in [0.2, 0.25) is 0 Å². The Morgan fingerprint density at radius 2 is 1.86 bits per heavy atom. The number of rotatable bonds is 2. The molecule has 0 bridgehead atoms. The van der Waals surface area contributed by atoms with E-state index in [1.165, 1.54) is 0 Å². The molecule has 28 heavy (non-hydrogen) atoms. The summed E-state index contributed by atoms with van der Waals surface area (Å²) in [5.41, 5.74) is 1.07. The van der Waals surface area contributed by atoms with Crippen LogP contribution < -0.4 is 5.32 Å². The van der Waals surface area contributed by atoms with Gasteiger partial charge < -0.3 is 20.0 Å². The molecule has 1 N–H and O–H groups in total. The first-order valence-electron chi connectivity index (χ1n) is 10.2. The van der Waals surface area contributed by atoms with Crippen LogP contribution in [0.4, 0.5) is 4.79 Å². The van der Waals surface area contributed by atoms with Gasteiger partial charge in [-0.05, 0) is 37.3 Å². The van der Waals surface area contributed by atoms with Crippen LogP contribution in [0.3, 0.4) is 0 Å². The molecule has 3 saturated heterocycles. The molecule has 2 atom stereocenters. The van der Waals surface area contributed by atoms with Crippen LogP contribution in [-0.4, -0.2) is 77.4 Å². The molecule has 3 fully saturated rings. The van der Waals surface area contributed by atoms with Crippen molar-refractivity contribution in [1.29, 1.82) is 0 Å². The lowest BCUT2D eigenvalue weighted by atomic mass is 9.94. The van der Waals surface area contributed by atoms with Gasteiger partial charge in [0, 0.05) is 58.2 Å². The summed E-state index contributed by atoms with van der Waals surface area (Å²) in [6, 6.07) is 4.09. The fourth-order valence-corrected chi connectivity index (χ4v) is 4.53. The number of halogens is 1. The number of hydrogen-bond acceptors (Lipinski definition) is 4. The minimum absolute atomic E-state index is 0. The van der Waals surface area contributed by atoms with Gasteiger partial charge in [-0.15, -0.1) is 12.4 Å². The van der Waals surface area contributed by atoms with Crippen molar-refractivity contribution in [2.45, 2.75) is 31.7 Å². The van der Waals surface area contributed by atoms with Crippen LogP contribution in [0.25, 0.3) is 0 Å². The monoisotopic (exact) mass is 407 g/mol. The number of pyridine rings is 1. The van der Waals surface area contributed by atoms with E-state index < -0.39 is 0 Å². The third-order valence-corrected chi connectivity index (χ3v) is 6.01. The van der Waals surface area contributed by atoms with Crippen LogP contribution in [0, 0.1) is 5.92 Å². The Bertz CT molecular complexity index is 668. The summed E-state index contributed by atoms with van der Waals surface area (Å²) < 4.78 is 0. The number of nitrogens with one attached hydrogen (secondary N) is 1. The normalized spacial score (nSPS) is 25.4. The Kier molecular flexibility index (Phi) is 7.13. The summed E-state index contributed by atoms with van der Waals surface area (Å²) in [6.45, 7) is 5.30. The second kappa shape index (κ2) is 9.56. The summed E-state index contributed by atoms with van der Waals surface area (Å²) in [6.07, 6.45) is 7.56. The Balaban J connectivity index is 0.00000225. The van der Waals surface area contributed by atoms with E-state index in [-0.39, 0.29) is 36.3 Å². The molecular formula is C20H30ClN5O2. The van der Waals surface area contributed by atoms with Gasteiger partial charge in [0.2, 0.25) is 5.91 Å². The van der Waals surface area contributed by atoms with Gasteiger partial charge in [-0.2, -0.15) is 0 Å². The van der Waals surface area contributed by atoms with E-state index in [4.69, 9.17) is 0 Å². The largest absolute Gasteiger partial charge is 0.333 e. The molecule has 4 heterocycles. The van der Waals surface area contributed by atoms with Crippen LogP contribution in [0.15, 0.2) is 24.5 Å². The van der Waals surface area contributed by atoms with Gasteiger partial charge in [0.1, 0.15) is 0 Å². The molecule has 2 unspecified atom stereocenters. The second-order valence-corrected chi connectivity index (χ2v) is 7.80. The zero-order valence-corrected chi connectivity index (χ0v) is 17.1. The van der Waals surface area contributed by atoms with Crippen molar-refractivity contribution in [2.75, 3.05) is 45.8 Å². The Labute approximate surface area is 172 Å². The number of hydrogen-bond donors (Lipinski definition) is 1. The van der Waals surface area contributed by atoms with Crippen molar-refractivity contribution >= 4 is 24.3 Å². The van der Waals surface area contributed by atoms with Crippen molar-refractivity contribution in [3.8, 4) is 0 Å². The predicted molar refractivity (Wildman–Crippen MR) is 109 cm³/mol. The van der Waals surface area contributed by atoms with E-state index >= 15 is 0 Å². The minimum atomic E-state index is -0.0948. The number of nitrogens with zero attached hydrogens (tertiary/aromatic N) is 4. The topological polar surface area (TPSA) is 68.8 Å². The highest BCUT2D eigenvalue weighted by atomic mass is 35.5. The van der Waals surface area contributed by atoms with Crippen LogP contribution in [-0.2, 0) is 4.79 Å². The first kappa shape index (κ1) is 20.9. The van der Waals surface area contributed by atoms with Crippen LogP contribution >= 0.6 is 12.4 Å². The van der Waals surface area contributed by atoms with Gasteiger partial charge >= 0.3 is 6.03 Å². The highest BCUT2D eigenvalue weighted by Crippen LogP contribution is 2.27. The van der Waals surface area contributed by atoms with E-state index in [1.807, 2.05) is 33.0 Å². The molecule has 0 aromatic carbocycles. The SMILES string of the molecule is Cl.O=C(N1CCCC1)N1CCCC(C(=O)N2CCNCC2c2cccnc2)C1. The molecule has 0 radical (unpaired) electrons. The van der Waals surface area contributed by atoms with Gasteiger partial charge in [-0.1, -0.05) is 6.07 Å². The summed E-state index contributed by atoms with van der Waals surface area (Å²) in [7, 11) is 0. The molecule has 154 valence electrons. The highest BCUT2D eigenvalue weighted by molar-refractivity contribution is 5.85. The number of piperazine rings is 1. The molecule has 1 aromatic heterocycles. The van der Waals surface area contributed by atoms with Crippen molar-refractivity contribution in [3.05, 3.63) is 30.1 Å². The number of likely N-dealkylation sites (tertiary alicyclic amines) is 2. The molecule has 7 nitrogen and oxygen atoms in total. The molecule has 0 saturated carbocycles. The average molecular weight is 408 g/mol. The third kappa shape index (κ3) is 4.41. The van der Waals surface area contributed by atoms with E-state index in [2.05, 4.69) is 10.3 Å². The number of piperidine rings is 1. The molecule has 3 amide bonds. The number of carbonyl (C=O) groups excluding carboxylic acids is 2. The Hall–Kier alpha value is -1.86. The first-order valence-corrected chi connectivity index (χ1v) is 10.2. The maximum atomic E-state index is 13.4. The van der Waals surface area contributed by atoms with Crippen LogP contribution in [0.5, 0.6) is 0 Å². The van der Waals surface area contributed by atoms with E-state index in [9.17, 15) is 9.59 Å². The number of aromatic nitrogens is 1. The molecule has 0 spiro atoms. The lowest BCUT2D eigenvalue weighted by Gasteiger charge is -2.41. The average Bonchev–Trinajstić information content (AvgIpc) is 3.28. The molecule has 1 aromatic rings. The first-order chi connectivity index (χ1) is 13.2.